The maximum atomic E-state index is 12.5. The van der Waals surface area contributed by atoms with Crippen LogP contribution >= 0.6 is 0 Å². The largest absolute Gasteiger partial charge is 0.493 e. The van der Waals surface area contributed by atoms with Gasteiger partial charge < -0.3 is 14.4 Å². The Morgan fingerprint density at radius 1 is 1.06 bits per heavy atom. The number of ether oxygens (including phenoxy) is 2. The summed E-state index contributed by atoms with van der Waals surface area (Å²) in [7, 11) is 3.41. The molecule has 1 unspecified atom stereocenters. The zero-order valence-electron chi connectivity index (χ0n) is 19.6. The molecule has 166 valence electrons. The van der Waals surface area contributed by atoms with Gasteiger partial charge in [-0.2, -0.15) is 0 Å². The number of likely N-dealkylation sites (N-methyl/N-ethyl adjacent to an activating group) is 1. The Morgan fingerprint density at radius 3 is 2.26 bits per heavy atom. The van der Waals surface area contributed by atoms with E-state index in [9.17, 15) is 9.59 Å². The Balaban J connectivity index is 2.48. The lowest BCUT2D eigenvalue weighted by Crippen LogP contribution is -2.35. The first-order valence-corrected chi connectivity index (χ1v) is 10.5. The molecule has 0 bridgehead atoms. The van der Waals surface area contributed by atoms with Crippen LogP contribution in [0, 0.1) is 0 Å². The average Bonchev–Trinajstić information content (AvgIpc) is 2.72. The second kappa shape index (κ2) is 10.3. The van der Waals surface area contributed by atoms with Gasteiger partial charge in [-0.25, -0.2) is 0 Å². The van der Waals surface area contributed by atoms with E-state index in [-0.39, 0.29) is 17.1 Å². The first kappa shape index (κ1) is 24.2. The number of hydrogen-bond acceptors (Lipinski definition) is 4. The molecular formula is C26H33NO4. The minimum absolute atomic E-state index is 0.0779. The standard InChI is InChI=1S/C26H33NO4/c1-8-30-23-17-24(31-18(2)25(29)27(6)7)21(26(3,4)5)16-20(23)14-15-22(28)19-12-10-9-11-13-19/h9-18H,8H2,1-7H3/b15-14+. The van der Waals surface area contributed by atoms with Gasteiger partial charge in [0.1, 0.15) is 11.5 Å². The van der Waals surface area contributed by atoms with Gasteiger partial charge in [0.05, 0.1) is 6.61 Å². The molecule has 0 saturated heterocycles. The highest BCUT2D eigenvalue weighted by Crippen LogP contribution is 2.38. The predicted octanol–water partition coefficient (Wildman–Crippen LogP) is 5.13. The maximum Gasteiger partial charge on any atom is 0.262 e. The summed E-state index contributed by atoms with van der Waals surface area (Å²) in [6.07, 6.45) is 2.69. The van der Waals surface area contributed by atoms with Gasteiger partial charge in [0.15, 0.2) is 11.9 Å². The van der Waals surface area contributed by atoms with E-state index in [4.69, 9.17) is 9.47 Å². The quantitative estimate of drug-likeness (QED) is 0.436. The van der Waals surface area contributed by atoms with Crippen molar-refractivity contribution in [3.63, 3.8) is 0 Å². The number of carbonyl (C=O) groups excluding carboxylic acids is 2. The third-order valence-corrected chi connectivity index (χ3v) is 4.78. The van der Waals surface area contributed by atoms with Gasteiger partial charge in [0, 0.05) is 36.9 Å². The maximum absolute atomic E-state index is 12.5. The molecule has 0 fully saturated rings. The van der Waals surface area contributed by atoms with Crippen LogP contribution in [0.15, 0.2) is 48.5 Å². The van der Waals surface area contributed by atoms with Crippen LogP contribution < -0.4 is 9.47 Å². The Kier molecular flexibility index (Phi) is 8.03. The monoisotopic (exact) mass is 423 g/mol. The first-order valence-electron chi connectivity index (χ1n) is 10.5. The fourth-order valence-electron chi connectivity index (χ4n) is 3.14. The Bertz CT molecular complexity index is 940. The third kappa shape index (κ3) is 6.45. The van der Waals surface area contributed by atoms with Crippen molar-refractivity contribution in [2.75, 3.05) is 20.7 Å². The van der Waals surface area contributed by atoms with Crippen molar-refractivity contribution in [1.29, 1.82) is 0 Å². The van der Waals surface area contributed by atoms with E-state index < -0.39 is 6.10 Å². The van der Waals surface area contributed by atoms with Gasteiger partial charge >= 0.3 is 0 Å². The summed E-state index contributed by atoms with van der Waals surface area (Å²) in [4.78, 5) is 26.4. The molecule has 0 aliphatic carbocycles. The summed E-state index contributed by atoms with van der Waals surface area (Å²) in [6.45, 7) is 10.3. The van der Waals surface area contributed by atoms with Gasteiger partial charge in [0.2, 0.25) is 0 Å². The van der Waals surface area contributed by atoms with Crippen molar-refractivity contribution in [3.05, 3.63) is 65.2 Å². The normalized spacial score (nSPS) is 12.5. The molecule has 0 heterocycles. The lowest BCUT2D eigenvalue weighted by Gasteiger charge is -2.27. The molecule has 0 N–H and O–H groups in total. The number of rotatable bonds is 8. The van der Waals surface area contributed by atoms with E-state index in [2.05, 4.69) is 20.8 Å². The van der Waals surface area contributed by atoms with Crippen LogP contribution in [0.1, 0.15) is 56.1 Å². The minimum Gasteiger partial charge on any atom is -0.493 e. The molecule has 2 aromatic rings. The molecule has 1 atom stereocenters. The Labute approximate surface area is 185 Å². The van der Waals surface area contributed by atoms with Crippen LogP contribution in [0.5, 0.6) is 11.5 Å². The summed E-state index contributed by atoms with van der Waals surface area (Å²) in [5.74, 6) is 1.01. The molecule has 0 aromatic heterocycles. The fraction of sp³-hybridized carbons (Fsp3) is 0.385. The molecular weight excluding hydrogens is 390 g/mol. The van der Waals surface area contributed by atoms with Crippen molar-refractivity contribution in [2.45, 2.75) is 46.1 Å². The summed E-state index contributed by atoms with van der Waals surface area (Å²) in [5.41, 5.74) is 2.10. The lowest BCUT2D eigenvalue weighted by atomic mass is 9.85. The van der Waals surface area contributed by atoms with E-state index in [1.54, 1.807) is 45.3 Å². The van der Waals surface area contributed by atoms with Gasteiger partial charge in [-0.3, -0.25) is 9.59 Å². The molecule has 0 saturated carbocycles. The summed E-state index contributed by atoms with van der Waals surface area (Å²) < 4.78 is 11.9. The minimum atomic E-state index is -0.633. The molecule has 2 aromatic carbocycles. The molecule has 0 spiro atoms. The second-order valence-corrected chi connectivity index (χ2v) is 8.63. The van der Waals surface area contributed by atoms with Gasteiger partial charge in [-0.15, -0.1) is 0 Å². The van der Waals surface area contributed by atoms with Crippen molar-refractivity contribution in [3.8, 4) is 11.5 Å². The molecule has 0 radical (unpaired) electrons. The van der Waals surface area contributed by atoms with E-state index in [0.717, 1.165) is 11.1 Å². The van der Waals surface area contributed by atoms with Crippen molar-refractivity contribution in [2.24, 2.45) is 0 Å². The number of carbonyl (C=O) groups is 2. The summed E-state index contributed by atoms with van der Waals surface area (Å²) >= 11 is 0. The van der Waals surface area contributed by atoms with Crippen LogP contribution in [0.3, 0.4) is 0 Å². The summed E-state index contributed by atoms with van der Waals surface area (Å²) in [6, 6.07) is 12.9. The Hall–Kier alpha value is -3.08. The fourth-order valence-corrected chi connectivity index (χ4v) is 3.14. The zero-order chi connectivity index (χ0) is 23.2. The molecule has 0 aliphatic heterocycles. The van der Waals surface area contributed by atoms with Crippen molar-refractivity contribution in [1.82, 2.24) is 4.90 Å². The van der Waals surface area contributed by atoms with Gasteiger partial charge in [-0.1, -0.05) is 51.1 Å². The number of hydrogen-bond donors (Lipinski definition) is 0. The number of benzene rings is 2. The van der Waals surface area contributed by atoms with Crippen LogP contribution in [0.4, 0.5) is 0 Å². The molecule has 2 rings (SSSR count). The molecule has 31 heavy (non-hydrogen) atoms. The smallest absolute Gasteiger partial charge is 0.262 e. The number of nitrogens with zero attached hydrogens (tertiary/aromatic N) is 1. The van der Waals surface area contributed by atoms with Gasteiger partial charge in [0.25, 0.3) is 5.91 Å². The highest BCUT2D eigenvalue weighted by atomic mass is 16.5. The van der Waals surface area contributed by atoms with E-state index in [1.165, 1.54) is 4.90 Å². The molecule has 5 nitrogen and oxygen atoms in total. The first-order chi connectivity index (χ1) is 14.5. The predicted molar refractivity (Wildman–Crippen MR) is 125 cm³/mol. The van der Waals surface area contributed by atoms with Crippen molar-refractivity contribution >= 4 is 17.8 Å². The van der Waals surface area contributed by atoms with Crippen LogP contribution in [-0.4, -0.2) is 43.4 Å². The van der Waals surface area contributed by atoms with Gasteiger partial charge in [-0.05, 0) is 37.5 Å². The van der Waals surface area contributed by atoms with Crippen LogP contribution in [0.25, 0.3) is 6.08 Å². The molecule has 1 amide bonds. The molecule has 0 aliphatic rings. The van der Waals surface area contributed by atoms with Crippen LogP contribution in [-0.2, 0) is 10.2 Å². The second-order valence-electron chi connectivity index (χ2n) is 8.63. The highest BCUT2D eigenvalue weighted by Gasteiger charge is 2.25. The highest BCUT2D eigenvalue weighted by molar-refractivity contribution is 6.06. The van der Waals surface area contributed by atoms with Crippen LogP contribution in [0.2, 0.25) is 0 Å². The van der Waals surface area contributed by atoms with E-state index in [1.807, 2.05) is 37.3 Å². The zero-order valence-corrected chi connectivity index (χ0v) is 19.6. The average molecular weight is 424 g/mol. The number of ketones is 1. The topological polar surface area (TPSA) is 55.8 Å². The van der Waals surface area contributed by atoms with E-state index in [0.29, 0.717) is 23.7 Å². The number of amides is 1. The third-order valence-electron chi connectivity index (χ3n) is 4.78. The van der Waals surface area contributed by atoms with E-state index >= 15 is 0 Å². The Morgan fingerprint density at radius 2 is 1.71 bits per heavy atom. The SMILES string of the molecule is CCOc1cc(OC(C)C(=O)N(C)C)c(C(C)(C)C)cc1/C=C/C(=O)c1ccccc1. The van der Waals surface area contributed by atoms with Crippen molar-refractivity contribution < 1.29 is 19.1 Å². The summed E-state index contributed by atoms with van der Waals surface area (Å²) in [5, 5.41) is 0. The molecule has 5 heteroatoms. The lowest BCUT2D eigenvalue weighted by molar-refractivity contribution is -0.135. The number of allylic oxidation sites excluding steroid dienone is 1.